The molecule has 0 saturated carbocycles. The zero-order valence-corrected chi connectivity index (χ0v) is 11.1. The normalized spacial score (nSPS) is 20.9. The molecule has 0 amide bonds. The fourth-order valence-corrected chi connectivity index (χ4v) is 2.33. The highest BCUT2D eigenvalue weighted by Gasteiger charge is 2.16. The molecular formula is C14H21FN2O. The largest absolute Gasteiger partial charge is 0.491 e. The van der Waals surface area contributed by atoms with Crippen molar-refractivity contribution >= 4 is 0 Å². The van der Waals surface area contributed by atoms with E-state index in [2.05, 4.69) is 17.1 Å². The maximum absolute atomic E-state index is 13.7. The molecule has 1 aromatic rings. The molecule has 0 spiro atoms. The molecule has 100 valence electrons. The van der Waals surface area contributed by atoms with Crippen LogP contribution in [0.3, 0.4) is 0 Å². The van der Waals surface area contributed by atoms with Crippen LogP contribution >= 0.6 is 0 Å². The van der Waals surface area contributed by atoms with E-state index in [9.17, 15) is 4.39 Å². The summed E-state index contributed by atoms with van der Waals surface area (Å²) in [6.45, 7) is 8.34. The van der Waals surface area contributed by atoms with E-state index in [1.807, 2.05) is 13.0 Å². The van der Waals surface area contributed by atoms with E-state index < -0.39 is 0 Å². The first-order valence-corrected chi connectivity index (χ1v) is 6.56. The van der Waals surface area contributed by atoms with Crippen LogP contribution in [0.25, 0.3) is 0 Å². The van der Waals surface area contributed by atoms with E-state index >= 15 is 0 Å². The number of nitrogens with zero attached hydrogens (tertiary/aromatic N) is 1. The van der Waals surface area contributed by atoms with Gasteiger partial charge in [-0.2, -0.15) is 0 Å². The van der Waals surface area contributed by atoms with Gasteiger partial charge in [0.15, 0.2) is 11.6 Å². The van der Waals surface area contributed by atoms with Crippen molar-refractivity contribution in [1.29, 1.82) is 0 Å². The summed E-state index contributed by atoms with van der Waals surface area (Å²) in [6, 6.07) is 5.75. The predicted octanol–water partition coefficient (Wildman–Crippen LogP) is 2.02. The Hall–Kier alpha value is -1.13. The zero-order chi connectivity index (χ0) is 13.0. The molecule has 0 aliphatic carbocycles. The van der Waals surface area contributed by atoms with Gasteiger partial charge < -0.3 is 10.1 Å². The second kappa shape index (κ2) is 6.16. The van der Waals surface area contributed by atoms with Crippen molar-refractivity contribution in [3.05, 3.63) is 29.6 Å². The van der Waals surface area contributed by atoms with E-state index in [-0.39, 0.29) is 5.82 Å². The highest BCUT2D eigenvalue weighted by Crippen LogP contribution is 2.19. The molecule has 1 atom stereocenters. The Balaban J connectivity index is 1.99. The van der Waals surface area contributed by atoms with Crippen molar-refractivity contribution < 1.29 is 9.13 Å². The van der Waals surface area contributed by atoms with Gasteiger partial charge in [-0.25, -0.2) is 4.39 Å². The van der Waals surface area contributed by atoms with Crippen molar-refractivity contribution in [2.75, 3.05) is 26.2 Å². The number of hydrogen-bond acceptors (Lipinski definition) is 3. The Morgan fingerprint density at radius 1 is 1.50 bits per heavy atom. The van der Waals surface area contributed by atoms with Gasteiger partial charge >= 0.3 is 0 Å². The van der Waals surface area contributed by atoms with Gasteiger partial charge in [0.1, 0.15) is 0 Å². The van der Waals surface area contributed by atoms with E-state index in [4.69, 9.17) is 4.74 Å². The van der Waals surface area contributed by atoms with Crippen LogP contribution in [-0.4, -0.2) is 37.2 Å². The van der Waals surface area contributed by atoms with Crippen molar-refractivity contribution in [2.24, 2.45) is 0 Å². The lowest BCUT2D eigenvalue weighted by Gasteiger charge is -2.31. The van der Waals surface area contributed by atoms with Gasteiger partial charge in [-0.3, -0.25) is 4.90 Å². The van der Waals surface area contributed by atoms with E-state index in [1.54, 1.807) is 12.1 Å². The van der Waals surface area contributed by atoms with Crippen molar-refractivity contribution in [3.8, 4) is 5.75 Å². The van der Waals surface area contributed by atoms with Crippen molar-refractivity contribution in [3.63, 3.8) is 0 Å². The van der Waals surface area contributed by atoms with Gasteiger partial charge in [0.05, 0.1) is 6.61 Å². The monoisotopic (exact) mass is 252 g/mol. The molecule has 1 aliphatic heterocycles. The Kier molecular flexibility index (Phi) is 4.55. The second-order valence-electron chi connectivity index (χ2n) is 4.79. The first-order valence-electron chi connectivity index (χ1n) is 6.56. The first kappa shape index (κ1) is 13.3. The number of halogens is 1. The van der Waals surface area contributed by atoms with Crippen molar-refractivity contribution in [1.82, 2.24) is 10.2 Å². The lowest BCUT2D eigenvalue weighted by molar-refractivity contribution is 0.199. The van der Waals surface area contributed by atoms with Gasteiger partial charge in [-0.15, -0.1) is 0 Å². The Morgan fingerprint density at radius 2 is 2.33 bits per heavy atom. The minimum absolute atomic E-state index is 0.266. The molecule has 1 heterocycles. The summed E-state index contributed by atoms with van der Waals surface area (Å²) in [5, 5.41) is 3.40. The fraction of sp³-hybridized carbons (Fsp3) is 0.571. The average Bonchev–Trinajstić information content (AvgIpc) is 2.33. The van der Waals surface area contributed by atoms with Crippen LogP contribution in [0.4, 0.5) is 4.39 Å². The number of benzene rings is 1. The average molecular weight is 252 g/mol. The summed E-state index contributed by atoms with van der Waals surface area (Å²) in [5.74, 6) is 0.0764. The third kappa shape index (κ3) is 3.43. The van der Waals surface area contributed by atoms with Gasteiger partial charge in [-0.1, -0.05) is 6.07 Å². The summed E-state index contributed by atoms with van der Waals surface area (Å²) >= 11 is 0. The number of nitrogens with one attached hydrogen (secondary N) is 1. The molecule has 1 fully saturated rings. The summed E-state index contributed by atoms with van der Waals surface area (Å²) in [6.07, 6.45) is 0. The van der Waals surface area contributed by atoms with Crippen LogP contribution in [0.5, 0.6) is 5.75 Å². The van der Waals surface area contributed by atoms with Gasteiger partial charge in [-0.05, 0) is 31.5 Å². The maximum atomic E-state index is 13.7. The highest BCUT2D eigenvalue weighted by atomic mass is 19.1. The third-order valence-corrected chi connectivity index (χ3v) is 3.16. The highest BCUT2D eigenvalue weighted by molar-refractivity contribution is 5.29. The molecule has 0 bridgehead atoms. The molecule has 1 saturated heterocycles. The summed E-state index contributed by atoms with van der Waals surface area (Å²) in [7, 11) is 0. The minimum atomic E-state index is -0.266. The molecule has 0 radical (unpaired) electrons. The van der Waals surface area contributed by atoms with E-state index in [1.165, 1.54) is 0 Å². The molecular weight excluding hydrogens is 231 g/mol. The fourth-order valence-electron chi connectivity index (χ4n) is 2.33. The van der Waals surface area contributed by atoms with Crippen LogP contribution in [0.1, 0.15) is 19.4 Å². The second-order valence-corrected chi connectivity index (χ2v) is 4.79. The van der Waals surface area contributed by atoms with Crippen LogP contribution < -0.4 is 10.1 Å². The van der Waals surface area contributed by atoms with E-state index in [0.717, 1.165) is 31.7 Å². The Bertz CT molecular complexity index is 397. The number of ether oxygens (including phenoxy) is 1. The maximum Gasteiger partial charge on any atom is 0.165 e. The lowest BCUT2D eigenvalue weighted by atomic mass is 10.1. The number of rotatable bonds is 4. The summed E-state index contributed by atoms with van der Waals surface area (Å²) < 4.78 is 18.9. The SMILES string of the molecule is CCOc1ccc(CN2CCNC(C)C2)cc1F. The molecule has 1 unspecified atom stereocenters. The minimum Gasteiger partial charge on any atom is -0.491 e. The Labute approximate surface area is 108 Å². The van der Waals surface area contributed by atoms with Gasteiger partial charge in [0, 0.05) is 32.2 Å². The van der Waals surface area contributed by atoms with Gasteiger partial charge in [0.25, 0.3) is 0 Å². The molecule has 4 heteroatoms. The van der Waals surface area contributed by atoms with Crippen LogP contribution in [0.15, 0.2) is 18.2 Å². The zero-order valence-electron chi connectivity index (χ0n) is 11.1. The molecule has 0 aromatic heterocycles. The summed E-state index contributed by atoms with van der Waals surface area (Å²) in [4.78, 5) is 2.34. The molecule has 18 heavy (non-hydrogen) atoms. The van der Waals surface area contributed by atoms with Crippen LogP contribution in [0, 0.1) is 5.82 Å². The smallest absolute Gasteiger partial charge is 0.165 e. The first-order chi connectivity index (χ1) is 8.69. The number of piperazine rings is 1. The van der Waals surface area contributed by atoms with Gasteiger partial charge in [0.2, 0.25) is 0 Å². The van der Waals surface area contributed by atoms with Crippen LogP contribution in [-0.2, 0) is 6.54 Å². The third-order valence-electron chi connectivity index (χ3n) is 3.16. The van der Waals surface area contributed by atoms with Crippen LogP contribution in [0.2, 0.25) is 0 Å². The lowest BCUT2D eigenvalue weighted by Crippen LogP contribution is -2.48. The summed E-state index contributed by atoms with van der Waals surface area (Å²) in [5.41, 5.74) is 1.00. The molecule has 2 rings (SSSR count). The standard InChI is InChI=1S/C14H21FN2O/c1-3-18-14-5-4-12(8-13(14)15)10-17-7-6-16-11(2)9-17/h4-5,8,11,16H,3,6-7,9-10H2,1-2H3. The topological polar surface area (TPSA) is 24.5 Å². The molecule has 3 nitrogen and oxygen atoms in total. The Morgan fingerprint density at radius 3 is 3.00 bits per heavy atom. The quantitative estimate of drug-likeness (QED) is 0.887. The number of hydrogen-bond donors (Lipinski definition) is 1. The molecule has 1 aromatic carbocycles. The van der Waals surface area contributed by atoms with E-state index in [0.29, 0.717) is 18.4 Å². The molecule has 1 N–H and O–H groups in total. The predicted molar refractivity (Wildman–Crippen MR) is 70.3 cm³/mol. The van der Waals surface area contributed by atoms with Crippen molar-refractivity contribution in [2.45, 2.75) is 26.4 Å². The molecule has 1 aliphatic rings.